The van der Waals surface area contributed by atoms with Gasteiger partial charge in [0, 0.05) is 49.4 Å². The van der Waals surface area contributed by atoms with E-state index in [0.717, 1.165) is 16.5 Å². The Bertz CT molecular complexity index is 1060. The number of nitrogens with one attached hydrogen (secondary N) is 2. The number of hydrogen-bond acceptors (Lipinski definition) is 5. The summed E-state index contributed by atoms with van der Waals surface area (Å²) in [4.78, 5) is 38.9. The molecule has 2 amide bonds. The van der Waals surface area contributed by atoms with E-state index in [1.165, 1.54) is 0 Å². The molecule has 8 heteroatoms. The maximum Gasteiger partial charge on any atom is 0.257 e. The van der Waals surface area contributed by atoms with Gasteiger partial charge in [-0.05, 0) is 18.6 Å². The fourth-order valence-electron chi connectivity index (χ4n) is 3.66. The third kappa shape index (κ3) is 4.49. The van der Waals surface area contributed by atoms with Crippen LogP contribution in [-0.2, 0) is 22.4 Å². The van der Waals surface area contributed by atoms with E-state index >= 15 is 0 Å². The van der Waals surface area contributed by atoms with Gasteiger partial charge in [0.15, 0.2) is 0 Å². The first kappa shape index (κ1) is 20.0. The zero-order valence-corrected chi connectivity index (χ0v) is 17.0. The molecule has 0 aliphatic carbocycles. The fraction of sp³-hybridized carbons (Fsp3) is 0.364. The molecular formula is C22H25N5O3. The van der Waals surface area contributed by atoms with Gasteiger partial charge in [-0.3, -0.25) is 9.59 Å². The Morgan fingerprint density at radius 3 is 2.87 bits per heavy atom. The quantitative estimate of drug-likeness (QED) is 0.647. The van der Waals surface area contributed by atoms with E-state index < -0.39 is 0 Å². The summed E-state index contributed by atoms with van der Waals surface area (Å²) < 4.78 is 5.32. The maximum atomic E-state index is 12.9. The molecule has 30 heavy (non-hydrogen) atoms. The largest absolute Gasteiger partial charge is 0.378 e. The average molecular weight is 407 g/mol. The molecule has 2 N–H and O–H groups in total. The average Bonchev–Trinajstić information content (AvgIpc) is 3.17. The highest BCUT2D eigenvalue weighted by molar-refractivity contribution is 5.95. The smallest absolute Gasteiger partial charge is 0.257 e. The van der Waals surface area contributed by atoms with Crippen molar-refractivity contribution in [1.29, 1.82) is 0 Å². The zero-order chi connectivity index (χ0) is 20.9. The van der Waals surface area contributed by atoms with E-state index in [4.69, 9.17) is 4.74 Å². The molecule has 0 atom stereocenters. The number of aromatic amines is 1. The molecule has 0 saturated carbocycles. The van der Waals surface area contributed by atoms with Gasteiger partial charge < -0.3 is 19.9 Å². The number of H-pyrrole nitrogens is 1. The van der Waals surface area contributed by atoms with Gasteiger partial charge in [-0.25, -0.2) is 9.97 Å². The molecule has 2 aromatic heterocycles. The zero-order valence-electron chi connectivity index (χ0n) is 17.0. The lowest BCUT2D eigenvalue weighted by atomic mass is 10.1. The summed E-state index contributed by atoms with van der Waals surface area (Å²) in [6.07, 6.45) is 4.22. The van der Waals surface area contributed by atoms with Crippen molar-refractivity contribution in [3.63, 3.8) is 0 Å². The Labute approximate surface area is 174 Å². The number of rotatable bonds is 6. The van der Waals surface area contributed by atoms with Crippen LogP contribution in [0.1, 0.15) is 27.4 Å². The lowest BCUT2D eigenvalue weighted by Crippen LogP contribution is -2.41. The van der Waals surface area contributed by atoms with E-state index in [0.29, 0.717) is 62.8 Å². The van der Waals surface area contributed by atoms with E-state index in [9.17, 15) is 9.59 Å². The predicted octanol–water partition coefficient (Wildman–Crippen LogP) is 1.64. The van der Waals surface area contributed by atoms with Gasteiger partial charge in [0.05, 0.1) is 30.9 Å². The third-order valence-electron chi connectivity index (χ3n) is 5.23. The second kappa shape index (κ2) is 9.04. The minimum Gasteiger partial charge on any atom is -0.378 e. The number of morpholine rings is 1. The van der Waals surface area contributed by atoms with Crippen molar-refractivity contribution in [3.8, 4) is 0 Å². The number of nitrogens with zero attached hydrogens (tertiary/aromatic N) is 3. The molecule has 8 nitrogen and oxygen atoms in total. The number of hydrogen-bond donors (Lipinski definition) is 2. The third-order valence-corrected chi connectivity index (χ3v) is 5.23. The summed E-state index contributed by atoms with van der Waals surface area (Å²) in [6, 6.07) is 7.91. The maximum absolute atomic E-state index is 12.9. The first-order valence-electron chi connectivity index (χ1n) is 10.1. The van der Waals surface area contributed by atoms with Crippen LogP contribution in [0.15, 0.2) is 36.7 Å². The Hall–Kier alpha value is -3.26. The molecule has 4 rings (SSSR count). The molecule has 0 radical (unpaired) electrons. The second-order valence-corrected chi connectivity index (χ2v) is 7.32. The van der Waals surface area contributed by atoms with Crippen LogP contribution < -0.4 is 5.32 Å². The van der Waals surface area contributed by atoms with Crippen molar-refractivity contribution in [2.24, 2.45) is 0 Å². The van der Waals surface area contributed by atoms with Crippen molar-refractivity contribution >= 4 is 22.7 Å². The number of benzene rings is 1. The highest BCUT2D eigenvalue weighted by atomic mass is 16.5. The van der Waals surface area contributed by atoms with E-state index in [1.807, 2.05) is 30.5 Å². The van der Waals surface area contributed by atoms with Gasteiger partial charge >= 0.3 is 0 Å². The van der Waals surface area contributed by atoms with Crippen LogP contribution in [0.25, 0.3) is 10.9 Å². The monoisotopic (exact) mass is 407 g/mol. The number of carbonyl (C=O) groups excluding carboxylic acids is 2. The Kier molecular flexibility index (Phi) is 6.04. The lowest BCUT2D eigenvalue weighted by Gasteiger charge is -2.27. The van der Waals surface area contributed by atoms with Crippen molar-refractivity contribution < 1.29 is 14.3 Å². The Morgan fingerprint density at radius 1 is 1.23 bits per heavy atom. The SMILES string of the molecule is Cc1ncc(C(=O)N2CCOCC2)c(CCNC(=O)Cc2c[nH]c3ccccc23)n1. The molecule has 3 aromatic rings. The molecule has 156 valence electrons. The molecule has 0 spiro atoms. The molecule has 1 fully saturated rings. The number of amides is 2. The van der Waals surface area contributed by atoms with Gasteiger partial charge in [-0.1, -0.05) is 18.2 Å². The normalized spacial score (nSPS) is 14.1. The molecule has 1 saturated heterocycles. The van der Waals surface area contributed by atoms with Crippen LogP contribution in [-0.4, -0.2) is 64.5 Å². The van der Waals surface area contributed by atoms with Crippen molar-refractivity contribution in [3.05, 3.63) is 59.3 Å². The molecule has 0 bridgehead atoms. The van der Waals surface area contributed by atoms with Gasteiger partial charge in [0.1, 0.15) is 5.82 Å². The lowest BCUT2D eigenvalue weighted by molar-refractivity contribution is -0.120. The Balaban J connectivity index is 1.38. The summed E-state index contributed by atoms with van der Waals surface area (Å²) in [5.74, 6) is 0.457. The number of aryl methyl sites for hydroxylation is 1. The van der Waals surface area contributed by atoms with E-state index in [-0.39, 0.29) is 11.8 Å². The van der Waals surface area contributed by atoms with Gasteiger partial charge in [0.25, 0.3) is 5.91 Å². The fourth-order valence-corrected chi connectivity index (χ4v) is 3.66. The van der Waals surface area contributed by atoms with Gasteiger partial charge in [-0.2, -0.15) is 0 Å². The van der Waals surface area contributed by atoms with Crippen LogP contribution in [0.5, 0.6) is 0 Å². The highest BCUT2D eigenvalue weighted by Gasteiger charge is 2.22. The molecule has 1 aromatic carbocycles. The molecule has 1 aliphatic rings. The standard InChI is InChI=1S/C22H25N5O3/c1-15-24-14-18(22(29)27-8-10-30-11-9-27)20(26-15)6-7-23-21(28)12-16-13-25-19-5-3-2-4-17(16)19/h2-5,13-14,25H,6-12H2,1H3,(H,23,28). The van der Waals surface area contributed by atoms with Crippen molar-refractivity contribution in [2.45, 2.75) is 19.8 Å². The summed E-state index contributed by atoms with van der Waals surface area (Å²) in [5, 5.41) is 3.99. The minimum atomic E-state index is -0.0848. The van der Waals surface area contributed by atoms with Crippen molar-refractivity contribution in [1.82, 2.24) is 25.2 Å². The van der Waals surface area contributed by atoms with Crippen LogP contribution in [0.4, 0.5) is 0 Å². The van der Waals surface area contributed by atoms with E-state index in [2.05, 4.69) is 20.3 Å². The topological polar surface area (TPSA) is 100 Å². The van der Waals surface area contributed by atoms with Crippen molar-refractivity contribution in [2.75, 3.05) is 32.8 Å². The minimum absolute atomic E-state index is 0.0633. The molecule has 3 heterocycles. The van der Waals surface area contributed by atoms with Gasteiger partial charge in [0.2, 0.25) is 5.91 Å². The molecule has 1 aliphatic heterocycles. The first-order chi connectivity index (χ1) is 14.6. The van der Waals surface area contributed by atoms with Crippen LogP contribution in [0, 0.1) is 6.92 Å². The number of aromatic nitrogens is 3. The summed E-state index contributed by atoms with van der Waals surface area (Å²) in [6.45, 7) is 4.40. The predicted molar refractivity (Wildman–Crippen MR) is 112 cm³/mol. The summed E-state index contributed by atoms with van der Waals surface area (Å²) in [5.41, 5.74) is 3.13. The number of ether oxygens (including phenoxy) is 1. The Morgan fingerprint density at radius 2 is 2.03 bits per heavy atom. The number of fused-ring (bicyclic) bond motifs is 1. The summed E-state index contributed by atoms with van der Waals surface area (Å²) in [7, 11) is 0. The van der Waals surface area contributed by atoms with Gasteiger partial charge in [-0.15, -0.1) is 0 Å². The number of para-hydroxylation sites is 1. The van der Waals surface area contributed by atoms with Crippen LogP contribution >= 0.6 is 0 Å². The van der Waals surface area contributed by atoms with Crippen LogP contribution in [0.2, 0.25) is 0 Å². The van der Waals surface area contributed by atoms with Crippen LogP contribution in [0.3, 0.4) is 0 Å². The number of carbonyl (C=O) groups is 2. The first-order valence-corrected chi connectivity index (χ1v) is 10.1. The highest BCUT2D eigenvalue weighted by Crippen LogP contribution is 2.18. The van der Waals surface area contributed by atoms with E-state index in [1.54, 1.807) is 18.0 Å². The molecule has 0 unspecified atom stereocenters. The molecular weight excluding hydrogens is 382 g/mol. The summed E-state index contributed by atoms with van der Waals surface area (Å²) >= 11 is 0. The second-order valence-electron chi connectivity index (χ2n) is 7.32.